The van der Waals surface area contributed by atoms with Crippen molar-refractivity contribution in [3.63, 3.8) is 0 Å². The normalized spacial score (nSPS) is 14.4. The van der Waals surface area contributed by atoms with Crippen LogP contribution >= 0.6 is 0 Å². The summed E-state index contributed by atoms with van der Waals surface area (Å²) in [5.41, 5.74) is 1.91. The fraction of sp³-hybridized carbons (Fsp3) is 0.318. The van der Waals surface area contributed by atoms with Crippen molar-refractivity contribution < 1.29 is 19.1 Å². The molecule has 1 aliphatic rings. The summed E-state index contributed by atoms with van der Waals surface area (Å²) in [5.74, 6) is -0.797. The van der Waals surface area contributed by atoms with E-state index < -0.39 is 12.0 Å². The molecule has 0 aliphatic carbocycles. The molecule has 2 aromatic rings. The van der Waals surface area contributed by atoms with E-state index in [9.17, 15) is 14.4 Å². The number of benzene rings is 2. The van der Waals surface area contributed by atoms with Crippen molar-refractivity contribution in [1.82, 2.24) is 10.2 Å². The Balaban J connectivity index is 1.48. The zero-order valence-corrected chi connectivity index (χ0v) is 15.9. The van der Waals surface area contributed by atoms with Gasteiger partial charge < -0.3 is 15.0 Å². The fourth-order valence-corrected chi connectivity index (χ4v) is 3.05. The van der Waals surface area contributed by atoms with Gasteiger partial charge in [0.1, 0.15) is 12.6 Å². The first kappa shape index (κ1) is 19.6. The van der Waals surface area contributed by atoms with Gasteiger partial charge in [-0.2, -0.15) is 0 Å². The first-order valence-electron chi connectivity index (χ1n) is 9.45. The van der Waals surface area contributed by atoms with Crippen LogP contribution in [0.5, 0.6) is 0 Å². The summed E-state index contributed by atoms with van der Waals surface area (Å²) in [5, 5.41) is 2.62. The molecule has 1 saturated heterocycles. The number of carbonyl (C=O) groups is 3. The highest BCUT2D eigenvalue weighted by atomic mass is 16.5. The maximum Gasteiger partial charge on any atom is 0.328 e. The van der Waals surface area contributed by atoms with Crippen molar-refractivity contribution in [2.75, 3.05) is 13.1 Å². The molecule has 146 valence electrons. The Kier molecular flexibility index (Phi) is 6.42. The van der Waals surface area contributed by atoms with E-state index in [1.165, 1.54) is 0 Å². The molecule has 0 bridgehead atoms. The van der Waals surface area contributed by atoms with Crippen LogP contribution < -0.4 is 5.32 Å². The highest BCUT2D eigenvalue weighted by molar-refractivity contribution is 5.96. The molecule has 1 aliphatic heterocycles. The lowest BCUT2D eigenvalue weighted by molar-refractivity contribution is -0.146. The number of rotatable bonds is 6. The van der Waals surface area contributed by atoms with Gasteiger partial charge in [0.25, 0.3) is 11.8 Å². The van der Waals surface area contributed by atoms with Gasteiger partial charge in [0.05, 0.1) is 0 Å². The number of hydrogen-bond acceptors (Lipinski definition) is 4. The van der Waals surface area contributed by atoms with Gasteiger partial charge in [0.15, 0.2) is 0 Å². The Bertz CT molecular complexity index is 827. The molecular formula is C22H24N2O4. The minimum absolute atomic E-state index is 0.0401. The van der Waals surface area contributed by atoms with Crippen molar-refractivity contribution in [2.24, 2.45) is 0 Å². The molecule has 1 fully saturated rings. The number of likely N-dealkylation sites (tertiary alicyclic amines) is 1. The Morgan fingerprint density at radius 1 is 0.964 bits per heavy atom. The van der Waals surface area contributed by atoms with E-state index >= 15 is 0 Å². The second-order valence-electron chi connectivity index (χ2n) is 6.87. The molecule has 1 N–H and O–H groups in total. The zero-order valence-electron chi connectivity index (χ0n) is 15.9. The van der Waals surface area contributed by atoms with Crippen molar-refractivity contribution in [3.05, 3.63) is 71.3 Å². The van der Waals surface area contributed by atoms with E-state index in [0.29, 0.717) is 11.1 Å². The molecule has 1 heterocycles. The number of esters is 1. The first-order valence-corrected chi connectivity index (χ1v) is 9.45. The smallest absolute Gasteiger partial charge is 0.328 e. The summed E-state index contributed by atoms with van der Waals surface area (Å²) in [4.78, 5) is 38.4. The number of nitrogens with one attached hydrogen (secondary N) is 1. The molecule has 6 heteroatoms. The van der Waals surface area contributed by atoms with Gasteiger partial charge in [-0.05, 0) is 49.6 Å². The minimum Gasteiger partial charge on any atom is -0.459 e. The standard InChI is InChI=1S/C22H24N2O4/c1-16(23-20(25)18-7-3-2-4-8-18)22(27)28-15-17-9-11-19(12-10-17)21(26)24-13-5-6-14-24/h2-4,7-12,16H,5-6,13-15H2,1H3,(H,23,25). The van der Waals surface area contributed by atoms with Gasteiger partial charge in [0, 0.05) is 24.2 Å². The second kappa shape index (κ2) is 9.17. The van der Waals surface area contributed by atoms with Gasteiger partial charge in [-0.25, -0.2) is 4.79 Å². The summed E-state index contributed by atoms with van der Waals surface area (Å²) < 4.78 is 5.28. The van der Waals surface area contributed by atoms with Crippen LogP contribution in [-0.4, -0.2) is 41.8 Å². The number of ether oxygens (including phenoxy) is 1. The number of nitrogens with zero attached hydrogens (tertiary/aromatic N) is 1. The highest BCUT2D eigenvalue weighted by Gasteiger charge is 2.20. The van der Waals surface area contributed by atoms with Crippen molar-refractivity contribution >= 4 is 17.8 Å². The number of amides is 2. The maximum absolute atomic E-state index is 12.3. The van der Waals surface area contributed by atoms with E-state index in [0.717, 1.165) is 31.5 Å². The van der Waals surface area contributed by atoms with E-state index in [1.807, 2.05) is 11.0 Å². The van der Waals surface area contributed by atoms with E-state index in [1.54, 1.807) is 55.5 Å². The van der Waals surface area contributed by atoms with Crippen LogP contribution in [0, 0.1) is 0 Å². The topological polar surface area (TPSA) is 75.7 Å². The molecule has 0 spiro atoms. The first-order chi connectivity index (χ1) is 13.5. The maximum atomic E-state index is 12.3. The van der Waals surface area contributed by atoms with Crippen LogP contribution in [0.3, 0.4) is 0 Å². The molecule has 0 saturated carbocycles. The van der Waals surface area contributed by atoms with Crippen molar-refractivity contribution in [1.29, 1.82) is 0 Å². The predicted octanol–water partition coefficient (Wildman–Crippen LogP) is 2.78. The van der Waals surface area contributed by atoms with Crippen molar-refractivity contribution in [2.45, 2.75) is 32.4 Å². The average molecular weight is 380 g/mol. The number of carbonyl (C=O) groups excluding carboxylic acids is 3. The van der Waals surface area contributed by atoms with E-state index in [-0.39, 0.29) is 18.4 Å². The van der Waals surface area contributed by atoms with Gasteiger partial charge in [-0.1, -0.05) is 30.3 Å². The zero-order chi connectivity index (χ0) is 19.9. The lowest BCUT2D eigenvalue weighted by Gasteiger charge is -2.16. The summed E-state index contributed by atoms with van der Waals surface area (Å²) >= 11 is 0. The molecule has 2 aromatic carbocycles. The molecule has 1 unspecified atom stereocenters. The summed E-state index contributed by atoms with van der Waals surface area (Å²) in [6.07, 6.45) is 2.11. The summed E-state index contributed by atoms with van der Waals surface area (Å²) in [6, 6.07) is 15.0. The van der Waals surface area contributed by atoms with Crippen LogP contribution in [0.4, 0.5) is 0 Å². The Labute approximate surface area is 164 Å². The third kappa shape index (κ3) is 4.97. The molecule has 0 radical (unpaired) electrons. The lowest BCUT2D eigenvalue weighted by Crippen LogP contribution is -2.39. The van der Waals surface area contributed by atoms with Gasteiger partial charge in [-0.15, -0.1) is 0 Å². The van der Waals surface area contributed by atoms with Crippen LogP contribution in [-0.2, 0) is 16.1 Å². The van der Waals surface area contributed by atoms with Crippen LogP contribution in [0.2, 0.25) is 0 Å². The predicted molar refractivity (Wildman–Crippen MR) is 105 cm³/mol. The lowest BCUT2D eigenvalue weighted by atomic mass is 10.1. The largest absolute Gasteiger partial charge is 0.459 e. The van der Waals surface area contributed by atoms with Gasteiger partial charge in [0.2, 0.25) is 0 Å². The van der Waals surface area contributed by atoms with Crippen molar-refractivity contribution in [3.8, 4) is 0 Å². The number of hydrogen-bond donors (Lipinski definition) is 1. The second-order valence-corrected chi connectivity index (χ2v) is 6.87. The summed E-state index contributed by atoms with van der Waals surface area (Å²) in [7, 11) is 0. The Hall–Kier alpha value is -3.15. The molecular weight excluding hydrogens is 356 g/mol. The molecule has 1 atom stereocenters. The van der Waals surface area contributed by atoms with Gasteiger partial charge in [-0.3, -0.25) is 9.59 Å². The Morgan fingerprint density at radius 3 is 2.25 bits per heavy atom. The highest BCUT2D eigenvalue weighted by Crippen LogP contribution is 2.14. The summed E-state index contributed by atoms with van der Waals surface area (Å²) in [6.45, 7) is 3.29. The molecule has 0 aromatic heterocycles. The average Bonchev–Trinajstić information content (AvgIpc) is 3.27. The Morgan fingerprint density at radius 2 is 1.61 bits per heavy atom. The monoisotopic (exact) mass is 380 g/mol. The van der Waals surface area contributed by atoms with Crippen LogP contribution in [0.1, 0.15) is 46.0 Å². The van der Waals surface area contributed by atoms with Crippen LogP contribution in [0.15, 0.2) is 54.6 Å². The SMILES string of the molecule is CC(NC(=O)c1ccccc1)C(=O)OCc1ccc(C(=O)N2CCCC2)cc1. The third-order valence-corrected chi connectivity index (χ3v) is 4.71. The molecule has 2 amide bonds. The minimum atomic E-state index is -0.760. The quantitative estimate of drug-likeness (QED) is 0.782. The van der Waals surface area contributed by atoms with Gasteiger partial charge >= 0.3 is 5.97 Å². The van der Waals surface area contributed by atoms with E-state index in [2.05, 4.69) is 5.32 Å². The molecule has 3 rings (SSSR count). The molecule has 6 nitrogen and oxygen atoms in total. The van der Waals surface area contributed by atoms with E-state index in [4.69, 9.17) is 4.74 Å². The van der Waals surface area contributed by atoms with Crippen LogP contribution in [0.25, 0.3) is 0 Å². The fourth-order valence-electron chi connectivity index (χ4n) is 3.05. The molecule has 28 heavy (non-hydrogen) atoms. The third-order valence-electron chi connectivity index (χ3n) is 4.71.